The molecule has 0 radical (unpaired) electrons. The summed E-state index contributed by atoms with van der Waals surface area (Å²) < 4.78 is 0. The molecule has 2 aromatic rings. The number of hydrogen-bond acceptors (Lipinski definition) is 2. The predicted octanol–water partition coefficient (Wildman–Crippen LogP) is 3.69. The molecule has 0 heterocycles. The predicted molar refractivity (Wildman–Crippen MR) is 87.7 cm³/mol. The summed E-state index contributed by atoms with van der Waals surface area (Å²) >= 11 is 5.93. The van der Waals surface area contributed by atoms with E-state index in [1.54, 1.807) is 6.07 Å². The van der Waals surface area contributed by atoms with Gasteiger partial charge in [-0.3, -0.25) is 4.79 Å². The molecule has 3 nitrogen and oxygen atoms in total. The van der Waals surface area contributed by atoms with E-state index in [0.717, 1.165) is 11.3 Å². The maximum atomic E-state index is 11.9. The molecule has 0 saturated heterocycles. The van der Waals surface area contributed by atoms with Gasteiger partial charge in [0.25, 0.3) is 0 Å². The van der Waals surface area contributed by atoms with Gasteiger partial charge in [-0.05, 0) is 37.1 Å². The zero-order valence-electron chi connectivity index (χ0n) is 12.2. The highest BCUT2D eigenvalue weighted by molar-refractivity contribution is 6.31. The molecule has 2 aromatic carbocycles. The van der Waals surface area contributed by atoms with Crippen molar-refractivity contribution in [2.45, 2.75) is 20.4 Å². The van der Waals surface area contributed by atoms with Crippen molar-refractivity contribution in [2.24, 2.45) is 0 Å². The molecule has 0 aliphatic heterocycles. The second kappa shape index (κ2) is 7.25. The lowest BCUT2D eigenvalue weighted by Gasteiger charge is -2.10. The highest BCUT2D eigenvalue weighted by Gasteiger charge is 2.05. The number of halogens is 1. The van der Waals surface area contributed by atoms with Crippen molar-refractivity contribution in [3.05, 3.63) is 64.2 Å². The average molecular weight is 303 g/mol. The smallest absolute Gasteiger partial charge is 0.238 e. The fraction of sp³-hybridized carbons (Fsp3) is 0.235. The standard InChI is InChI=1S/C17H19ClN2O/c1-12-4-3-5-14(8-12)10-19-11-17(21)20-16-9-15(18)7-6-13(16)2/h3-9,19H,10-11H2,1-2H3,(H,20,21). The van der Waals surface area contributed by atoms with E-state index < -0.39 is 0 Å². The van der Waals surface area contributed by atoms with Crippen LogP contribution in [-0.2, 0) is 11.3 Å². The van der Waals surface area contributed by atoms with Crippen LogP contribution in [0.4, 0.5) is 5.69 Å². The molecule has 0 saturated carbocycles. The van der Waals surface area contributed by atoms with Crippen molar-refractivity contribution in [1.82, 2.24) is 5.32 Å². The Labute approximate surface area is 130 Å². The van der Waals surface area contributed by atoms with Crippen molar-refractivity contribution in [2.75, 3.05) is 11.9 Å². The first-order valence-electron chi connectivity index (χ1n) is 6.87. The lowest BCUT2D eigenvalue weighted by molar-refractivity contribution is -0.115. The summed E-state index contributed by atoms with van der Waals surface area (Å²) in [7, 11) is 0. The fourth-order valence-electron chi connectivity index (χ4n) is 2.07. The van der Waals surface area contributed by atoms with Gasteiger partial charge in [-0.1, -0.05) is 47.5 Å². The monoisotopic (exact) mass is 302 g/mol. The third kappa shape index (κ3) is 4.88. The maximum Gasteiger partial charge on any atom is 0.238 e. The van der Waals surface area contributed by atoms with E-state index in [0.29, 0.717) is 11.6 Å². The van der Waals surface area contributed by atoms with Crippen LogP contribution in [-0.4, -0.2) is 12.5 Å². The van der Waals surface area contributed by atoms with Gasteiger partial charge < -0.3 is 10.6 Å². The average Bonchev–Trinajstić information content (AvgIpc) is 2.43. The molecule has 0 bridgehead atoms. The molecular formula is C17H19ClN2O. The Morgan fingerprint density at radius 2 is 1.95 bits per heavy atom. The summed E-state index contributed by atoms with van der Waals surface area (Å²) in [6.45, 7) is 4.92. The minimum absolute atomic E-state index is 0.0759. The number of benzene rings is 2. The van der Waals surface area contributed by atoms with Crippen LogP contribution in [0, 0.1) is 13.8 Å². The second-order valence-corrected chi connectivity index (χ2v) is 5.54. The molecule has 0 aromatic heterocycles. The van der Waals surface area contributed by atoms with E-state index >= 15 is 0 Å². The van der Waals surface area contributed by atoms with E-state index in [-0.39, 0.29) is 12.5 Å². The normalized spacial score (nSPS) is 10.4. The van der Waals surface area contributed by atoms with Gasteiger partial charge >= 0.3 is 0 Å². The molecule has 110 valence electrons. The summed E-state index contributed by atoms with van der Waals surface area (Å²) in [5.41, 5.74) is 4.13. The Hall–Kier alpha value is -1.84. The number of rotatable bonds is 5. The summed E-state index contributed by atoms with van der Waals surface area (Å²) in [5, 5.41) is 6.62. The van der Waals surface area contributed by atoms with Gasteiger partial charge in [0.1, 0.15) is 0 Å². The molecule has 21 heavy (non-hydrogen) atoms. The number of nitrogens with one attached hydrogen (secondary N) is 2. The molecule has 0 unspecified atom stereocenters. The van der Waals surface area contributed by atoms with Crippen molar-refractivity contribution < 1.29 is 4.79 Å². The minimum Gasteiger partial charge on any atom is -0.325 e. The minimum atomic E-state index is -0.0759. The van der Waals surface area contributed by atoms with Crippen molar-refractivity contribution >= 4 is 23.2 Å². The highest BCUT2D eigenvalue weighted by Crippen LogP contribution is 2.19. The van der Waals surface area contributed by atoms with Crippen molar-refractivity contribution in [1.29, 1.82) is 0 Å². The van der Waals surface area contributed by atoms with Crippen LogP contribution < -0.4 is 10.6 Å². The number of carbonyl (C=O) groups is 1. The second-order valence-electron chi connectivity index (χ2n) is 5.10. The number of amides is 1. The number of anilines is 1. The molecule has 0 fully saturated rings. The van der Waals surface area contributed by atoms with Crippen LogP contribution in [0.25, 0.3) is 0 Å². The largest absolute Gasteiger partial charge is 0.325 e. The molecule has 2 rings (SSSR count). The van der Waals surface area contributed by atoms with E-state index in [9.17, 15) is 4.79 Å². The summed E-state index contributed by atoms with van der Waals surface area (Å²) in [5.74, 6) is -0.0759. The van der Waals surface area contributed by atoms with Crippen LogP contribution in [0.1, 0.15) is 16.7 Å². The fourth-order valence-corrected chi connectivity index (χ4v) is 2.24. The molecule has 1 amide bonds. The first kappa shape index (κ1) is 15.5. The molecule has 0 spiro atoms. The Morgan fingerprint density at radius 1 is 1.14 bits per heavy atom. The maximum absolute atomic E-state index is 11.9. The SMILES string of the molecule is Cc1cccc(CNCC(=O)Nc2cc(Cl)ccc2C)c1. The summed E-state index contributed by atoms with van der Waals surface area (Å²) in [6.07, 6.45) is 0. The molecule has 0 aliphatic rings. The molecule has 4 heteroatoms. The Morgan fingerprint density at radius 3 is 2.71 bits per heavy atom. The van der Waals surface area contributed by atoms with E-state index in [2.05, 4.69) is 29.7 Å². The summed E-state index contributed by atoms with van der Waals surface area (Å²) in [6, 6.07) is 13.7. The number of carbonyl (C=O) groups excluding carboxylic acids is 1. The van der Waals surface area contributed by atoms with Crippen LogP contribution in [0.5, 0.6) is 0 Å². The third-order valence-corrected chi connectivity index (χ3v) is 3.41. The van der Waals surface area contributed by atoms with Crippen molar-refractivity contribution in [3.63, 3.8) is 0 Å². The van der Waals surface area contributed by atoms with Crippen LogP contribution in [0.2, 0.25) is 5.02 Å². The number of aryl methyl sites for hydroxylation is 2. The molecular weight excluding hydrogens is 284 g/mol. The van der Waals surface area contributed by atoms with Gasteiger partial charge in [0.15, 0.2) is 0 Å². The van der Waals surface area contributed by atoms with Crippen LogP contribution >= 0.6 is 11.6 Å². The van der Waals surface area contributed by atoms with E-state index in [1.807, 2.05) is 31.2 Å². The van der Waals surface area contributed by atoms with Crippen LogP contribution in [0.3, 0.4) is 0 Å². The van der Waals surface area contributed by atoms with Gasteiger partial charge in [-0.2, -0.15) is 0 Å². The topological polar surface area (TPSA) is 41.1 Å². The Kier molecular flexibility index (Phi) is 5.37. The zero-order chi connectivity index (χ0) is 15.2. The van der Waals surface area contributed by atoms with Crippen LogP contribution in [0.15, 0.2) is 42.5 Å². The van der Waals surface area contributed by atoms with E-state index in [4.69, 9.17) is 11.6 Å². The van der Waals surface area contributed by atoms with Gasteiger partial charge in [0, 0.05) is 17.3 Å². The summed E-state index contributed by atoms with van der Waals surface area (Å²) in [4.78, 5) is 11.9. The molecule has 2 N–H and O–H groups in total. The Balaban J connectivity index is 1.84. The van der Waals surface area contributed by atoms with Gasteiger partial charge in [0.05, 0.1) is 6.54 Å². The highest BCUT2D eigenvalue weighted by atomic mass is 35.5. The third-order valence-electron chi connectivity index (χ3n) is 3.17. The van der Waals surface area contributed by atoms with Crippen molar-refractivity contribution in [3.8, 4) is 0 Å². The lowest BCUT2D eigenvalue weighted by Crippen LogP contribution is -2.28. The Bertz CT molecular complexity index is 640. The first-order chi connectivity index (χ1) is 10.0. The van der Waals surface area contributed by atoms with E-state index in [1.165, 1.54) is 11.1 Å². The quantitative estimate of drug-likeness (QED) is 0.884. The first-order valence-corrected chi connectivity index (χ1v) is 7.24. The zero-order valence-corrected chi connectivity index (χ0v) is 13.0. The molecule has 0 aliphatic carbocycles. The van der Waals surface area contributed by atoms with Gasteiger partial charge in [-0.25, -0.2) is 0 Å². The molecule has 0 atom stereocenters. The van der Waals surface area contributed by atoms with Gasteiger partial charge in [0.2, 0.25) is 5.91 Å². The van der Waals surface area contributed by atoms with Gasteiger partial charge in [-0.15, -0.1) is 0 Å². The lowest BCUT2D eigenvalue weighted by atomic mass is 10.1. The number of hydrogen-bond donors (Lipinski definition) is 2.